The Labute approximate surface area is 120 Å². The molecule has 0 atom stereocenters. The fourth-order valence-corrected chi connectivity index (χ4v) is 2.11. The number of hydrogen-bond acceptors (Lipinski definition) is 2. The monoisotopic (exact) mass is 358 g/mol. The number of rotatable bonds is 2. The van der Waals surface area contributed by atoms with Gasteiger partial charge in [0.25, 0.3) is 0 Å². The maximum Gasteiger partial charge on any atom is 0.146 e. The predicted molar refractivity (Wildman–Crippen MR) is 78.5 cm³/mol. The molecule has 0 aliphatic heterocycles. The fourth-order valence-electron chi connectivity index (χ4n) is 1.64. The Morgan fingerprint density at radius 2 is 1.88 bits per heavy atom. The van der Waals surface area contributed by atoms with Gasteiger partial charge in [-0.1, -0.05) is 35.9 Å². The molecule has 0 bridgehead atoms. The fraction of sp³-hybridized carbons (Fsp3) is 0.231. The third kappa shape index (κ3) is 2.96. The van der Waals surface area contributed by atoms with Gasteiger partial charge in [-0.15, -0.1) is 0 Å². The summed E-state index contributed by atoms with van der Waals surface area (Å²) in [6.07, 6.45) is 0.726. The molecule has 0 saturated carbocycles. The van der Waals surface area contributed by atoms with Crippen LogP contribution >= 0.6 is 34.2 Å². The second kappa shape index (κ2) is 5.31. The first kappa shape index (κ1) is 12.8. The maximum absolute atomic E-state index is 6.07. The third-order valence-corrected chi connectivity index (χ3v) is 4.52. The first-order valence-corrected chi connectivity index (χ1v) is 6.76. The zero-order chi connectivity index (χ0) is 12.4. The van der Waals surface area contributed by atoms with E-state index < -0.39 is 0 Å². The topological polar surface area (TPSA) is 25.8 Å². The zero-order valence-corrected chi connectivity index (χ0v) is 12.6. The van der Waals surface area contributed by atoms with Crippen molar-refractivity contribution in [2.24, 2.45) is 0 Å². The average molecular weight is 359 g/mol. The van der Waals surface area contributed by atoms with Gasteiger partial charge >= 0.3 is 0 Å². The van der Waals surface area contributed by atoms with E-state index in [1.807, 2.05) is 19.1 Å². The minimum absolute atomic E-state index is 0.543. The maximum atomic E-state index is 6.07. The molecule has 0 aliphatic carbocycles. The molecule has 17 heavy (non-hydrogen) atoms. The van der Waals surface area contributed by atoms with Crippen LogP contribution in [0.5, 0.6) is 0 Å². The molecule has 88 valence electrons. The van der Waals surface area contributed by atoms with Crippen LogP contribution in [0.3, 0.4) is 0 Å². The van der Waals surface area contributed by atoms with Crippen molar-refractivity contribution in [3.05, 3.63) is 55.6 Å². The summed E-state index contributed by atoms with van der Waals surface area (Å²) in [5.41, 5.74) is 3.43. The van der Waals surface area contributed by atoms with Crippen molar-refractivity contribution in [3.63, 3.8) is 0 Å². The smallest absolute Gasteiger partial charge is 0.146 e. The van der Waals surface area contributed by atoms with Crippen LogP contribution in [0.4, 0.5) is 0 Å². The highest BCUT2D eigenvalue weighted by Crippen LogP contribution is 2.20. The van der Waals surface area contributed by atoms with E-state index in [9.17, 15) is 0 Å². The van der Waals surface area contributed by atoms with Crippen molar-refractivity contribution in [1.29, 1.82) is 0 Å². The largest absolute Gasteiger partial charge is 0.237 e. The van der Waals surface area contributed by atoms with Crippen LogP contribution in [0, 0.1) is 17.4 Å². The first-order chi connectivity index (χ1) is 8.08. The lowest BCUT2D eigenvalue weighted by molar-refractivity contribution is 0.928. The summed E-state index contributed by atoms with van der Waals surface area (Å²) in [5.74, 6) is 0.780. The minimum atomic E-state index is 0.543. The molecule has 0 spiro atoms. The lowest BCUT2D eigenvalue weighted by Crippen LogP contribution is -2.02. The summed E-state index contributed by atoms with van der Waals surface area (Å²) < 4.78 is 0.929. The summed E-state index contributed by atoms with van der Waals surface area (Å²) in [7, 11) is 0. The van der Waals surface area contributed by atoms with E-state index in [-0.39, 0.29) is 0 Å². The normalized spacial score (nSPS) is 10.6. The highest BCUT2D eigenvalue weighted by Gasteiger charge is 2.08. The summed E-state index contributed by atoms with van der Waals surface area (Å²) in [4.78, 5) is 8.78. The van der Waals surface area contributed by atoms with Gasteiger partial charge in [-0.3, -0.25) is 0 Å². The van der Waals surface area contributed by atoms with Gasteiger partial charge in [-0.25, -0.2) is 9.97 Å². The summed E-state index contributed by atoms with van der Waals surface area (Å²) in [5, 5.41) is 0.543. The van der Waals surface area contributed by atoms with Crippen LogP contribution in [-0.4, -0.2) is 9.97 Å². The van der Waals surface area contributed by atoms with E-state index in [2.05, 4.69) is 51.6 Å². The zero-order valence-electron chi connectivity index (χ0n) is 9.67. The number of nitrogens with zero attached hydrogens (tertiary/aromatic N) is 2. The van der Waals surface area contributed by atoms with E-state index >= 15 is 0 Å². The highest BCUT2D eigenvalue weighted by atomic mass is 127. The van der Waals surface area contributed by atoms with Crippen LogP contribution in [0.25, 0.3) is 0 Å². The van der Waals surface area contributed by atoms with Gasteiger partial charge < -0.3 is 0 Å². The van der Waals surface area contributed by atoms with Crippen LogP contribution in [-0.2, 0) is 6.42 Å². The predicted octanol–water partition coefficient (Wildman–Crippen LogP) is 3.94. The molecule has 0 unspecified atom stereocenters. The van der Waals surface area contributed by atoms with E-state index in [1.54, 1.807) is 0 Å². The van der Waals surface area contributed by atoms with Crippen LogP contribution in [0.2, 0.25) is 5.15 Å². The molecule has 2 aromatic rings. The molecule has 0 N–H and O–H groups in total. The van der Waals surface area contributed by atoms with Gasteiger partial charge in [0.05, 0.1) is 9.26 Å². The molecular formula is C13H12ClIN2. The standard InChI is InChI=1S/C13H12ClIN2/c1-8-5-3-4-6-10(8)7-11-16-9(2)12(15)13(14)17-11/h3-6H,7H2,1-2H3. The van der Waals surface area contributed by atoms with Gasteiger partial charge in [0, 0.05) is 6.42 Å². The van der Waals surface area contributed by atoms with Crippen molar-refractivity contribution in [1.82, 2.24) is 9.97 Å². The van der Waals surface area contributed by atoms with Crippen molar-refractivity contribution < 1.29 is 0 Å². The molecule has 1 aromatic heterocycles. The minimum Gasteiger partial charge on any atom is -0.237 e. The van der Waals surface area contributed by atoms with Crippen molar-refractivity contribution >= 4 is 34.2 Å². The summed E-state index contributed by atoms with van der Waals surface area (Å²) >= 11 is 8.23. The highest BCUT2D eigenvalue weighted by molar-refractivity contribution is 14.1. The molecule has 0 amide bonds. The van der Waals surface area contributed by atoms with Gasteiger partial charge in [0.1, 0.15) is 11.0 Å². The molecule has 0 fully saturated rings. The summed E-state index contributed by atoms with van der Waals surface area (Å²) in [6, 6.07) is 8.26. The van der Waals surface area contributed by atoms with Gasteiger partial charge in [0.15, 0.2) is 0 Å². The SMILES string of the molecule is Cc1ccccc1Cc1nc(C)c(I)c(Cl)n1. The Bertz CT molecular complexity index is 532. The Balaban J connectivity index is 2.34. The molecular weight excluding hydrogens is 347 g/mol. The van der Waals surface area contributed by atoms with E-state index in [4.69, 9.17) is 11.6 Å². The number of benzene rings is 1. The molecule has 1 aromatic carbocycles. The Kier molecular flexibility index (Phi) is 3.99. The Hall–Kier alpha value is -0.680. The molecule has 2 nitrogen and oxygen atoms in total. The number of aromatic nitrogens is 2. The molecule has 1 heterocycles. The molecule has 0 saturated heterocycles. The first-order valence-electron chi connectivity index (χ1n) is 5.31. The van der Waals surface area contributed by atoms with E-state index in [0.29, 0.717) is 5.15 Å². The Morgan fingerprint density at radius 1 is 1.18 bits per heavy atom. The van der Waals surface area contributed by atoms with Crippen molar-refractivity contribution in [3.8, 4) is 0 Å². The second-order valence-electron chi connectivity index (χ2n) is 3.93. The van der Waals surface area contributed by atoms with Gasteiger partial charge in [-0.2, -0.15) is 0 Å². The van der Waals surface area contributed by atoms with Crippen molar-refractivity contribution in [2.75, 3.05) is 0 Å². The second-order valence-corrected chi connectivity index (χ2v) is 5.37. The Morgan fingerprint density at radius 3 is 2.53 bits per heavy atom. The van der Waals surface area contributed by atoms with Crippen LogP contribution < -0.4 is 0 Å². The lowest BCUT2D eigenvalue weighted by atomic mass is 10.1. The molecule has 4 heteroatoms. The summed E-state index contributed by atoms with van der Waals surface area (Å²) in [6.45, 7) is 4.05. The van der Waals surface area contributed by atoms with Crippen LogP contribution in [0.15, 0.2) is 24.3 Å². The number of hydrogen-bond donors (Lipinski definition) is 0. The molecule has 0 radical (unpaired) electrons. The van der Waals surface area contributed by atoms with E-state index in [0.717, 1.165) is 21.5 Å². The van der Waals surface area contributed by atoms with Gasteiger partial charge in [0.2, 0.25) is 0 Å². The van der Waals surface area contributed by atoms with Crippen LogP contribution in [0.1, 0.15) is 22.6 Å². The van der Waals surface area contributed by atoms with Crippen molar-refractivity contribution in [2.45, 2.75) is 20.3 Å². The van der Waals surface area contributed by atoms with Gasteiger partial charge in [-0.05, 0) is 47.6 Å². The lowest BCUT2D eigenvalue weighted by Gasteiger charge is -2.07. The number of halogens is 2. The number of aryl methyl sites for hydroxylation is 2. The van der Waals surface area contributed by atoms with E-state index in [1.165, 1.54) is 11.1 Å². The quantitative estimate of drug-likeness (QED) is 0.600. The molecule has 2 rings (SSSR count). The molecule has 0 aliphatic rings. The third-order valence-electron chi connectivity index (χ3n) is 2.63. The average Bonchev–Trinajstić information content (AvgIpc) is 2.29.